The third-order valence-corrected chi connectivity index (χ3v) is 9.27. The highest BCUT2D eigenvalue weighted by atomic mass is 32.1. The van der Waals surface area contributed by atoms with Crippen molar-refractivity contribution in [2.24, 2.45) is 0 Å². The lowest BCUT2D eigenvalue weighted by molar-refractivity contribution is 0.0723. The number of benzene rings is 1. The van der Waals surface area contributed by atoms with Crippen molar-refractivity contribution in [2.45, 2.75) is 76.8 Å². The molecule has 2 aromatic rings. The molecule has 2 N–H and O–H groups in total. The first-order valence-electron chi connectivity index (χ1n) is 14.9. The smallest absolute Gasteiger partial charge is 0.323 e. The van der Waals surface area contributed by atoms with E-state index in [1.165, 1.54) is 49.0 Å². The van der Waals surface area contributed by atoms with Crippen LogP contribution in [0.5, 0.6) is 5.75 Å². The highest BCUT2D eigenvalue weighted by molar-refractivity contribution is 7.14. The Kier molecular flexibility index (Phi) is 9.47. The molecule has 10 heteroatoms. The van der Waals surface area contributed by atoms with Crippen molar-refractivity contribution < 1.29 is 14.3 Å². The van der Waals surface area contributed by atoms with Crippen LogP contribution in [0.1, 0.15) is 70.3 Å². The Hall–Kier alpha value is -2.85. The minimum atomic E-state index is -0.106. The Morgan fingerprint density at radius 3 is 2.48 bits per heavy atom. The zero-order valence-electron chi connectivity index (χ0n) is 24.2. The van der Waals surface area contributed by atoms with Gasteiger partial charge in [-0.25, -0.2) is 14.6 Å². The number of piperidine rings is 1. The third kappa shape index (κ3) is 6.89. The number of nitrogens with one attached hydrogen (secondary N) is 2. The highest BCUT2D eigenvalue weighted by Gasteiger charge is 2.31. The van der Waals surface area contributed by atoms with Gasteiger partial charge in [0.25, 0.3) is 0 Å². The van der Waals surface area contributed by atoms with E-state index in [1.54, 1.807) is 7.11 Å². The minimum absolute atomic E-state index is 0.0267. The summed E-state index contributed by atoms with van der Waals surface area (Å²) in [4.78, 5) is 36.6. The Labute approximate surface area is 242 Å². The average Bonchev–Trinajstić information content (AvgIpc) is 3.45. The SMILES string of the molecule is COc1ccc(C2CCCCC2)cc1-c1csc(NC(=O)N2CCN(C3CCCN(C(=O)NC(C)C)C3)CC2)n1. The molecule has 218 valence electrons. The van der Waals surface area contributed by atoms with Crippen molar-refractivity contribution in [2.75, 3.05) is 51.7 Å². The molecule has 1 unspecified atom stereocenters. The number of nitrogens with zero attached hydrogens (tertiary/aromatic N) is 4. The number of carbonyl (C=O) groups is 2. The molecule has 5 rings (SSSR count). The zero-order valence-corrected chi connectivity index (χ0v) is 25.0. The summed E-state index contributed by atoms with van der Waals surface area (Å²) < 4.78 is 5.66. The fraction of sp³-hybridized carbons (Fsp3) is 0.633. The summed E-state index contributed by atoms with van der Waals surface area (Å²) in [5.74, 6) is 1.41. The number of methoxy groups -OCH3 is 1. The van der Waals surface area contributed by atoms with Gasteiger partial charge in [-0.15, -0.1) is 11.3 Å². The third-order valence-electron chi connectivity index (χ3n) is 8.51. The molecule has 0 spiro atoms. The molecule has 3 heterocycles. The first-order valence-corrected chi connectivity index (χ1v) is 15.8. The predicted octanol–water partition coefficient (Wildman–Crippen LogP) is 5.60. The van der Waals surface area contributed by atoms with E-state index in [-0.39, 0.29) is 18.1 Å². The second kappa shape index (κ2) is 13.2. The van der Waals surface area contributed by atoms with Crippen molar-refractivity contribution in [3.63, 3.8) is 0 Å². The molecule has 2 saturated heterocycles. The van der Waals surface area contributed by atoms with Gasteiger partial charge in [0.1, 0.15) is 5.75 Å². The lowest BCUT2D eigenvalue weighted by Gasteiger charge is -2.43. The van der Waals surface area contributed by atoms with E-state index in [2.05, 4.69) is 33.7 Å². The molecule has 4 amide bonds. The van der Waals surface area contributed by atoms with Crippen LogP contribution in [-0.2, 0) is 0 Å². The van der Waals surface area contributed by atoms with Crippen LogP contribution in [0.4, 0.5) is 14.7 Å². The second-order valence-electron chi connectivity index (χ2n) is 11.6. The van der Waals surface area contributed by atoms with Crippen LogP contribution in [-0.4, -0.2) is 90.2 Å². The van der Waals surface area contributed by atoms with Crippen LogP contribution in [0.2, 0.25) is 0 Å². The summed E-state index contributed by atoms with van der Waals surface area (Å²) in [6.45, 7) is 8.48. The fourth-order valence-electron chi connectivity index (χ4n) is 6.31. The number of thiazole rings is 1. The number of anilines is 1. The Balaban J connectivity index is 1.15. The molecule has 9 nitrogen and oxygen atoms in total. The number of hydrogen-bond donors (Lipinski definition) is 2. The van der Waals surface area contributed by atoms with Crippen LogP contribution in [0.15, 0.2) is 23.6 Å². The van der Waals surface area contributed by atoms with Gasteiger partial charge in [-0.05, 0) is 63.1 Å². The van der Waals surface area contributed by atoms with Crippen LogP contribution in [0, 0.1) is 0 Å². The van der Waals surface area contributed by atoms with Crippen molar-refractivity contribution in [1.82, 2.24) is 25.0 Å². The number of likely N-dealkylation sites (tertiary alicyclic amines) is 1. The average molecular weight is 569 g/mol. The first-order chi connectivity index (χ1) is 19.4. The van der Waals surface area contributed by atoms with Gasteiger partial charge in [-0.2, -0.15) is 0 Å². The summed E-state index contributed by atoms with van der Waals surface area (Å²) in [5, 5.41) is 8.64. The van der Waals surface area contributed by atoms with Crippen LogP contribution < -0.4 is 15.4 Å². The maximum Gasteiger partial charge on any atom is 0.323 e. The molecule has 40 heavy (non-hydrogen) atoms. The van der Waals surface area contributed by atoms with Gasteiger partial charge >= 0.3 is 12.1 Å². The van der Waals surface area contributed by atoms with Gasteiger partial charge in [0.2, 0.25) is 0 Å². The van der Waals surface area contributed by atoms with Gasteiger partial charge in [0.15, 0.2) is 5.13 Å². The monoisotopic (exact) mass is 568 g/mol. The van der Waals surface area contributed by atoms with E-state index < -0.39 is 0 Å². The summed E-state index contributed by atoms with van der Waals surface area (Å²) in [6, 6.07) is 6.88. The number of amides is 4. The molecular formula is C30H44N6O3S. The number of aromatic nitrogens is 1. The zero-order chi connectivity index (χ0) is 28.1. The van der Waals surface area contributed by atoms with E-state index in [0.29, 0.717) is 30.2 Å². The molecule has 1 aromatic carbocycles. The van der Waals surface area contributed by atoms with Crippen molar-refractivity contribution in [3.05, 3.63) is 29.1 Å². The number of hydrogen-bond acceptors (Lipinski definition) is 6. The molecule has 2 aliphatic heterocycles. The number of carbonyl (C=O) groups excluding carboxylic acids is 2. The number of urea groups is 2. The maximum absolute atomic E-state index is 13.1. The van der Waals surface area contributed by atoms with Gasteiger partial charge < -0.3 is 19.9 Å². The molecule has 0 radical (unpaired) electrons. The van der Waals surface area contributed by atoms with Crippen LogP contribution in [0.3, 0.4) is 0 Å². The lowest BCUT2D eigenvalue weighted by atomic mass is 9.83. The van der Waals surface area contributed by atoms with Crippen molar-refractivity contribution in [3.8, 4) is 17.0 Å². The Bertz CT molecular complexity index is 1160. The van der Waals surface area contributed by atoms with E-state index in [9.17, 15) is 9.59 Å². The summed E-state index contributed by atoms with van der Waals surface area (Å²) in [7, 11) is 1.69. The quantitative estimate of drug-likeness (QED) is 0.474. The molecule has 3 aliphatic rings. The lowest BCUT2D eigenvalue weighted by Crippen LogP contribution is -2.58. The number of ether oxygens (including phenoxy) is 1. The summed E-state index contributed by atoms with van der Waals surface area (Å²) in [5.41, 5.74) is 3.18. The molecule has 0 bridgehead atoms. The van der Waals surface area contributed by atoms with Crippen LogP contribution in [0.25, 0.3) is 11.3 Å². The largest absolute Gasteiger partial charge is 0.496 e. The van der Waals surface area contributed by atoms with E-state index in [1.807, 2.05) is 29.0 Å². The molecule has 3 fully saturated rings. The Morgan fingerprint density at radius 1 is 0.975 bits per heavy atom. The van der Waals surface area contributed by atoms with Crippen molar-refractivity contribution in [1.29, 1.82) is 0 Å². The summed E-state index contributed by atoms with van der Waals surface area (Å²) in [6.07, 6.45) is 8.50. The van der Waals surface area contributed by atoms with Gasteiger partial charge in [0, 0.05) is 62.3 Å². The van der Waals surface area contributed by atoms with E-state index in [4.69, 9.17) is 9.72 Å². The molecule has 1 aromatic heterocycles. The number of rotatable bonds is 6. The fourth-order valence-corrected chi connectivity index (χ4v) is 7.01. The van der Waals surface area contributed by atoms with Gasteiger partial charge in [-0.3, -0.25) is 10.2 Å². The number of piperazine rings is 1. The summed E-state index contributed by atoms with van der Waals surface area (Å²) >= 11 is 1.45. The second-order valence-corrected chi connectivity index (χ2v) is 12.5. The van der Waals surface area contributed by atoms with Gasteiger partial charge in [0.05, 0.1) is 12.8 Å². The minimum Gasteiger partial charge on any atom is -0.496 e. The van der Waals surface area contributed by atoms with E-state index in [0.717, 1.165) is 56.0 Å². The highest BCUT2D eigenvalue weighted by Crippen LogP contribution is 2.38. The first kappa shape index (κ1) is 28.7. The van der Waals surface area contributed by atoms with Crippen LogP contribution >= 0.6 is 11.3 Å². The molecular weight excluding hydrogens is 524 g/mol. The maximum atomic E-state index is 13.1. The normalized spacial score (nSPS) is 20.9. The molecule has 1 aliphatic carbocycles. The van der Waals surface area contributed by atoms with Crippen molar-refractivity contribution >= 4 is 28.5 Å². The van der Waals surface area contributed by atoms with Gasteiger partial charge in [-0.1, -0.05) is 25.3 Å². The molecule has 1 saturated carbocycles. The topological polar surface area (TPSA) is 90.0 Å². The van der Waals surface area contributed by atoms with E-state index >= 15 is 0 Å². The standard InChI is InChI=1S/C30H44N6O3S/c1-21(2)31-29(37)36-13-7-10-24(19-36)34-14-16-35(17-15-34)30(38)33-28-32-26(20-40-28)25-18-23(11-12-27(25)39-3)22-8-5-4-6-9-22/h11-12,18,20-22,24H,4-10,13-17,19H2,1-3H3,(H,31,37)(H,32,33,38). The molecule has 1 atom stereocenters. The Morgan fingerprint density at radius 2 is 1.75 bits per heavy atom. The predicted molar refractivity (Wildman–Crippen MR) is 160 cm³/mol.